The van der Waals surface area contributed by atoms with Gasteiger partial charge in [0.1, 0.15) is 0 Å². The van der Waals surface area contributed by atoms with Crippen molar-refractivity contribution in [3.05, 3.63) is 59.7 Å². The summed E-state index contributed by atoms with van der Waals surface area (Å²) in [5.74, 6) is 2.51. The molecule has 7 nitrogen and oxygen atoms in total. The van der Waals surface area contributed by atoms with Crippen LogP contribution in [0.3, 0.4) is 0 Å². The average molecular weight is 430 g/mol. The summed E-state index contributed by atoms with van der Waals surface area (Å²) < 4.78 is 0. The van der Waals surface area contributed by atoms with Crippen LogP contribution in [0.1, 0.15) is 36.8 Å². The van der Waals surface area contributed by atoms with Crippen molar-refractivity contribution in [1.29, 1.82) is 0 Å². The number of nitrogens with zero attached hydrogens (tertiary/aromatic N) is 3. The molecule has 2 N–H and O–H groups in total. The van der Waals surface area contributed by atoms with Crippen LogP contribution < -0.4 is 15.5 Å². The summed E-state index contributed by atoms with van der Waals surface area (Å²) in [6.07, 6.45) is 8.53. The van der Waals surface area contributed by atoms with E-state index in [-0.39, 0.29) is 11.8 Å². The Morgan fingerprint density at radius 1 is 1.06 bits per heavy atom. The molecule has 7 heteroatoms. The molecule has 0 fully saturated rings. The third kappa shape index (κ3) is 5.52. The molecule has 32 heavy (non-hydrogen) atoms. The molecule has 164 valence electrons. The predicted molar refractivity (Wildman–Crippen MR) is 124 cm³/mol. The lowest BCUT2D eigenvalue weighted by atomic mass is 10.0. The number of nitrogens with one attached hydrogen (secondary N) is 2. The summed E-state index contributed by atoms with van der Waals surface area (Å²) in [5.41, 5.74) is 3.70. The van der Waals surface area contributed by atoms with Crippen LogP contribution in [-0.4, -0.2) is 30.6 Å². The Labute approximate surface area is 188 Å². The summed E-state index contributed by atoms with van der Waals surface area (Å²) in [4.78, 5) is 26.7. The minimum absolute atomic E-state index is 0.0364. The largest absolute Gasteiger partial charge is 0.362 e. The fraction of sp³-hybridized carbons (Fsp3) is 0.360. The van der Waals surface area contributed by atoms with Crippen LogP contribution in [-0.2, 0) is 22.6 Å². The molecule has 0 unspecified atom stereocenters. The van der Waals surface area contributed by atoms with Crippen molar-refractivity contribution in [2.45, 2.75) is 44.3 Å². The minimum Gasteiger partial charge on any atom is -0.362 e. The SMILES string of the molecule is C#CCCC1(CCC(=O)NCc2ccc(NC(=O)CN3CCc4ccccc43)cc2)N=N1. The van der Waals surface area contributed by atoms with Crippen molar-refractivity contribution in [2.24, 2.45) is 10.2 Å². The van der Waals surface area contributed by atoms with Crippen LogP contribution in [0.5, 0.6) is 0 Å². The molecule has 0 spiro atoms. The molecule has 0 aliphatic carbocycles. The standard InChI is InChI=1S/C25H27N5O2/c1-2-3-14-25(28-29-25)15-12-23(31)26-17-19-8-10-21(11-9-19)27-24(32)18-30-16-13-20-6-4-5-7-22(20)30/h1,4-11H,3,12-18H2,(H,26,31)(H,27,32). The van der Waals surface area contributed by atoms with Crippen molar-refractivity contribution in [1.82, 2.24) is 5.32 Å². The number of terminal acetylenes is 1. The molecule has 4 rings (SSSR count). The van der Waals surface area contributed by atoms with E-state index >= 15 is 0 Å². The number of para-hydroxylation sites is 1. The molecule has 0 aromatic heterocycles. The fourth-order valence-electron chi connectivity index (χ4n) is 3.92. The number of anilines is 2. The zero-order chi connectivity index (χ0) is 22.4. The maximum Gasteiger partial charge on any atom is 0.243 e. The highest BCUT2D eigenvalue weighted by molar-refractivity contribution is 5.94. The van der Waals surface area contributed by atoms with Gasteiger partial charge in [0.2, 0.25) is 11.8 Å². The normalized spacial score (nSPS) is 15.0. The van der Waals surface area contributed by atoms with Gasteiger partial charge in [0.05, 0.1) is 6.54 Å². The number of hydrogen-bond donors (Lipinski definition) is 2. The lowest BCUT2D eigenvalue weighted by Crippen LogP contribution is -2.31. The summed E-state index contributed by atoms with van der Waals surface area (Å²) >= 11 is 0. The number of rotatable bonds is 10. The van der Waals surface area contributed by atoms with Gasteiger partial charge >= 0.3 is 0 Å². The third-order valence-corrected chi connectivity index (χ3v) is 5.85. The molecule has 2 amide bonds. The number of carbonyl (C=O) groups is 2. The second-order valence-electron chi connectivity index (χ2n) is 8.21. The topological polar surface area (TPSA) is 86.2 Å². The van der Waals surface area contributed by atoms with E-state index in [2.05, 4.69) is 43.8 Å². The van der Waals surface area contributed by atoms with Crippen molar-refractivity contribution in [2.75, 3.05) is 23.3 Å². The first kappa shape index (κ1) is 21.6. The van der Waals surface area contributed by atoms with Gasteiger partial charge in [0.25, 0.3) is 0 Å². The van der Waals surface area contributed by atoms with E-state index in [0.29, 0.717) is 38.8 Å². The fourth-order valence-corrected chi connectivity index (χ4v) is 3.92. The predicted octanol–water partition coefficient (Wildman–Crippen LogP) is 3.66. The minimum atomic E-state index is -0.430. The molecule has 2 heterocycles. The molecule has 2 aromatic carbocycles. The van der Waals surface area contributed by atoms with Crippen LogP contribution in [0.2, 0.25) is 0 Å². The molecule has 2 aromatic rings. The van der Waals surface area contributed by atoms with Crippen LogP contribution in [0.25, 0.3) is 0 Å². The van der Waals surface area contributed by atoms with E-state index in [4.69, 9.17) is 6.42 Å². The lowest BCUT2D eigenvalue weighted by molar-refractivity contribution is -0.121. The highest BCUT2D eigenvalue weighted by Gasteiger charge is 2.39. The number of fused-ring (bicyclic) bond motifs is 1. The van der Waals surface area contributed by atoms with Gasteiger partial charge in [-0.05, 0) is 35.7 Å². The summed E-state index contributed by atoms with van der Waals surface area (Å²) in [5, 5.41) is 14.0. The molecule has 0 bridgehead atoms. The first-order valence-corrected chi connectivity index (χ1v) is 10.9. The number of benzene rings is 2. The first-order chi connectivity index (χ1) is 15.6. The average Bonchev–Trinajstić information content (AvgIpc) is 3.48. The van der Waals surface area contributed by atoms with Crippen molar-refractivity contribution < 1.29 is 9.59 Å². The molecule has 0 radical (unpaired) electrons. The van der Waals surface area contributed by atoms with E-state index in [1.54, 1.807) is 0 Å². The van der Waals surface area contributed by atoms with E-state index in [9.17, 15) is 9.59 Å². The van der Waals surface area contributed by atoms with E-state index in [0.717, 1.165) is 29.9 Å². The van der Waals surface area contributed by atoms with Crippen LogP contribution in [0.4, 0.5) is 11.4 Å². The second kappa shape index (κ2) is 9.65. The Bertz CT molecular complexity index is 1050. The number of amides is 2. The first-order valence-electron chi connectivity index (χ1n) is 10.9. The van der Waals surface area contributed by atoms with Crippen LogP contribution in [0, 0.1) is 12.3 Å². The highest BCUT2D eigenvalue weighted by atomic mass is 16.2. The Hall–Kier alpha value is -3.66. The monoisotopic (exact) mass is 429 g/mol. The Morgan fingerprint density at radius 2 is 1.84 bits per heavy atom. The quantitative estimate of drug-likeness (QED) is 0.565. The van der Waals surface area contributed by atoms with Gasteiger partial charge in [-0.25, -0.2) is 0 Å². The van der Waals surface area contributed by atoms with Crippen LogP contribution >= 0.6 is 0 Å². The molecular weight excluding hydrogens is 402 g/mol. The van der Waals surface area contributed by atoms with Gasteiger partial charge in [-0.1, -0.05) is 30.3 Å². The number of hydrogen-bond acceptors (Lipinski definition) is 5. The van der Waals surface area contributed by atoms with Crippen LogP contribution in [0.15, 0.2) is 58.8 Å². The molecule has 2 aliphatic heterocycles. The Balaban J connectivity index is 1.18. The summed E-state index contributed by atoms with van der Waals surface area (Å²) in [7, 11) is 0. The van der Waals surface area contributed by atoms with Crippen molar-refractivity contribution in [3.63, 3.8) is 0 Å². The highest BCUT2D eigenvalue weighted by Crippen LogP contribution is 2.37. The molecule has 2 aliphatic rings. The van der Waals surface area contributed by atoms with Crippen molar-refractivity contribution >= 4 is 23.2 Å². The molecule has 0 saturated carbocycles. The third-order valence-electron chi connectivity index (χ3n) is 5.85. The van der Waals surface area contributed by atoms with E-state index < -0.39 is 5.66 Å². The maximum absolute atomic E-state index is 12.5. The Morgan fingerprint density at radius 3 is 2.59 bits per heavy atom. The van der Waals surface area contributed by atoms with Gasteiger partial charge in [-0.3, -0.25) is 9.59 Å². The summed E-state index contributed by atoms with van der Waals surface area (Å²) in [6, 6.07) is 15.7. The van der Waals surface area contributed by atoms with Gasteiger partial charge in [0.15, 0.2) is 5.66 Å². The van der Waals surface area contributed by atoms with Gasteiger partial charge in [0, 0.05) is 50.1 Å². The second-order valence-corrected chi connectivity index (χ2v) is 8.21. The number of carbonyl (C=O) groups excluding carboxylic acids is 2. The van der Waals surface area contributed by atoms with E-state index in [1.807, 2.05) is 36.4 Å². The summed E-state index contributed by atoms with van der Waals surface area (Å²) in [6.45, 7) is 1.62. The molecule has 0 atom stereocenters. The van der Waals surface area contributed by atoms with E-state index in [1.165, 1.54) is 5.56 Å². The van der Waals surface area contributed by atoms with Crippen molar-refractivity contribution in [3.8, 4) is 12.3 Å². The van der Waals surface area contributed by atoms with Gasteiger partial charge in [-0.2, -0.15) is 10.2 Å². The zero-order valence-electron chi connectivity index (χ0n) is 18.0. The Kier molecular flexibility index (Phi) is 6.50. The maximum atomic E-state index is 12.5. The molecular formula is C25H27N5O2. The van der Waals surface area contributed by atoms with Gasteiger partial charge < -0.3 is 15.5 Å². The molecule has 0 saturated heterocycles. The smallest absolute Gasteiger partial charge is 0.243 e. The lowest BCUT2D eigenvalue weighted by Gasteiger charge is -2.18. The van der Waals surface area contributed by atoms with Gasteiger partial charge in [-0.15, -0.1) is 12.3 Å². The zero-order valence-corrected chi connectivity index (χ0v) is 18.0.